The molecule has 2 aromatic heterocycles. The summed E-state index contributed by atoms with van der Waals surface area (Å²) in [5.74, 6) is 0. The number of unbranched alkanes of at least 4 members (excludes halogenated alkanes) is 4. The van der Waals surface area contributed by atoms with Gasteiger partial charge in [0.1, 0.15) is 0 Å². The number of thiazole rings is 1. The van der Waals surface area contributed by atoms with E-state index in [0.717, 1.165) is 0 Å². The van der Waals surface area contributed by atoms with Crippen LogP contribution in [0.1, 0.15) is 62.9 Å². The largest absolute Gasteiger partial charge is 0.294 e. The Kier molecular flexibility index (Phi) is 5.24. The van der Waals surface area contributed by atoms with E-state index >= 15 is 0 Å². The van der Waals surface area contributed by atoms with Crippen LogP contribution in [0.2, 0.25) is 0 Å². The Morgan fingerprint density at radius 2 is 1.78 bits per heavy atom. The monoisotopic (exact) mass is 264 g/mol. The van der Waals surface area contributed by atoms with Gasteiger partial charge >= 0.3 is 0 Å². The maximum absolute atomic E-state index is 4.44. The summed E-state index contributed by atoms with van der Waals surface area (Å²) in [6, 6.07) is 0. The van der Waals surface area contributed by atoms with Crippen LogP contribution >= 0.6 is 11.3 Å². The van der Waals surface area contributed by atoms with E-state index in [-0.39, 0.29) is 0 Å². The van der Waals surface area contributed by atoms with Crippen LogP contribution in [-0.4, -0.2) is 9.38 Å². The molecular formula is C15H24N2S. The number of imidazole rings is 1. The first-order valence-corrected chi connectivity index (χ1v) is 8.12. The van der Waals surface area contributed by atoms with E-state index in [4.69, 9.17) is 0 Å². The maximum atomic E-state index is 4.44. The van der Waals surface area contributed by atoms with Crippen molar-refractivity contribution in [3.63, 3.8) is 0 Å². The van der Waals surface area contributed by atoms with Gasteiger partial charge in [0.15, 0.2) is 4.96 Å². The zero-order valence-corrected chi connectivity index (χ0v) is 12.4. The number of rotatable bonds is 8. The molecule has 0 aliphatic heterocycles. The highest BCUT2D eigenvalue weighted by atomic mass is 32.1. The molecule has 0 unspecified atom stereocenters. The Morgan fingerprint density at radius 1 is 1.06 bits per heavy atom. The molecule has 0 bridgehead atoms. The normalized spacial score (nSPS) is 11.4. The van der Waals surface area contributed by atoms with Gasteiger partial charge in [-0.2, -0.15) is 0 Å². The standard InChI is InChI=1S/C15H24N2S/c1-3-5-7-9-13-14(10-8-6-4-2)18-15-16-11-12-17(13)15/h11-12H,3-10H2,1-2H3. The summed E-state index contributed by atoms with van der Waals surface area (Å²) < 4.78 is 2.31. The summed E-state index contributed by atoms with van der Waals surface area (Å²) in [5.41, 5.74) is 1.53. The number of hydrogen-bond donors (Lipinski definition) is 0. The molecule has 3 heteroatoms. The van der Waals surface area contributed by atoms with Gasteiger partial charge in [0.05, 0.1) is 0 Å². The molecule has 18 heavy (non-hydrogen) atoms. The van der Waals surface area contributed by atoms with Crippen molar-refractivity contribution < 1.29 is 0 Å². The minimum Gasteiger partial charge on any atom is -0.294 e. The molecular weight excluding hydrogens is 240 g/mol. The van der Waals surface area contributed by atoms with Crippen molar-refractivity contribution in [3.8, 4) is 0 Å². The van der Waals surface area contributed by atoms with Gasteiger partial charge in [0, 0.05) is 23.0 Å². The molecule has 0 aliphatic carbocycles. The summed E-state index contributed by atoms with van der Waals surface area (Å²) >= 11 is 1.89. The van der Waals surface area contributed by atoms with Crippen molar-refractivity contribution in [1.82, 2.24) is 9.38 Å². The molecule has 2 heterocycles. The minimum atomic E-state index is 1.17. The maximum Gasteiger partial charge on any atom is 0.194 e. The SMILES string of the molecule is CCCCCc1sc2nccn2c1CCCCC. The van der Waals surface area contributed by atoms with Crippen LogP contribution in [0.5, 0.6) is 0 Å². The van der Waals surface area contributed by atoms with E-state index in [1.54, 1.807) is 4.88 Å². The number of hydrogen-bond acceptors (Lipinski definition) is 2. The predicted molar refractivity (Wildman–Crippen MR) is 79.5 cm³/mol. The number of fused-ring (bicyclic) bond motifs is 1. The third-order valence-corrected chi connectivity index (χ3v) is 4.63. The second-order valence-electron chi connectivity index (χ2n) is 4.97. The molecule has 100 valence electrons. The molecule has 2 rings (SSSR count). The fraction of sp³-hybridized carbons (Fsp3) is 0.667. The highest BCUT2D eigenvalue weighted by Gasteiger charge is 2.11. The average Bonchev–Trinajstić information content (AvgIpc) is 2.92. The minimum absolute atomic E-state index is 1.17. The van der Waals surface area contributed by atoms with Crippen LogP contribution in [0.25, 0.3) is 4.96 Å². The lowest BCUT2D eigenvalue weighted by Gasteiger charge is -2.04. The first kappa shape index (κ1) is 13.6. The Bertz CT molecular complexity index is 470. The Balaban J connectivity index is 2.10. The van der Waals surface area contributed by atoms with Crippen LogP contribution in [0.3, 0.4) is 0 Å². The van der Waals surface area contributed by atoms with Crippen molar-refractivity contribution >= 4 is 16.3 Å². The molecule has 0 amide bonds. The molecule has 0 fully saturated rings. The second-order valence-corrected chi connectivity index (χ2v) is 6.03. The summed E-state index contributed by atoms with van der Waals surface area (Å²) in [5, 5.41) is 0. The summed E-state index contributed by atoms with van der Waals surface area (Å²) in [6.07, 6.45) is 14.4. The van der Waals surface area contributed by atoms with Crippen molar-refractivity contribution in [2.24, 2.45) is 0 Å². The van der Waals surface area contributed by atoms with Crippen LogP contribution < -0.4 is 0 Å². The van der Waals surface area contributed by atoms with Crippen LogP contribution in [-0.2, 0) is 12.8 Å². The van der Waals surface area contributed by atoms with Crippen molar-refractivity contribution in [2.45, 2.75) is 65.2 Å². The second kappa shape index (κ2) is 6.93. The Hall–Kier alpha value is -0.830. The van der Waals surface area contributed by atoms with E-state index in [0.29, 0.717) is 0 Å². The molecule has 2 nitrogen and oxygen atoms in total. The van der Waals surface area contributed by atoms with Crippen LogP contribution in [0.15, 0.2) is 12.4 Å². The number of nitrogens with zero attached hydrogens (tertiary/aromatic N) is 2. The molecule has 0 spiro atoms. The molecule has 0 saturated heterocycles. The quantitative estimate of drug-likeness (QED) is 0.622. The van der Waals surface area contributed by atoms with Crippen LogP contribution in [0, 0.1) is 0 Å². The number of aromatic nitrogens is 2. The van der Waals surface area contributed by atoms with Crippen molar-refractivity contribution in [2.75, 3.05) is 0 Å². The summed E-state index contributed by atoms with van der Waals surface area (Å²) in [7, 11) is 0. The predicted octanol–water partition coefficient (Wildman–Crippen LogP) is 4.86. The Morgan fingerprint density at radius 3 is 2.50 bits per heavy atom. The zero-order chi connectivity index (χ0) is 12.8. The van der Waals surface area contributed by atoms with Gasteiger partial charge in [0.2, 0.25) is 0 Å². The highest BCUT2D eigenvalue weighted by Crippen LogP contribution is 2.26. The molecule has 0 radical (unpaired) electrons. The Labute approximate surface area is 114 Å². The molecule has 0 N–H and O–H groups in total. The van der Waals surface area contributed by atoms with Gasteiger partial charge in [-0.3, -0.25) is 4.40 Å². The van der Waals surface area contributed by atoms with E-state index in [1.165, 1.54) is 62.0 Å². The van der Waals surface area contributed by atoms with Gasteiger partial charge in [-0.1, -0.05) is 39.5 Å². The van der Waals surface area contributed by atoms with Gasteiger partial charge < -0.3 is 0 Å². The van der Waals surface area contributed by atoms with E-state index < -0.39 is 0 Å². The molecule has 0 aromatic carbocycles. The lowest BCUT2D eigenvalue weighted by Crippen LogP contribution is -1.96. The number of aryl methyl sites for hydroxylation is 2. The third-order valence-electron chi connectivity index (χ3n) is 3.46. The summed E-state index contributed by atoms with van der Waals surface area (Å²) in [4.78, 5) is 7.18. The topological polar surface area (TPSA) is 17.3 Å². The van der Waals surface area contributed by atoms with E-state index in [2.05, 4.69) is 29.4 Å². The van der Waals surface area contributed by atoms with Crippen LogP contribution in [0.4, 0.5) is 0 Å². The zero-order valence-electron chi connectivity index (χ0n) is 11.6. The van der Waals surface area contributed by atoms with Gasteiger partial charge in [-0.25, -0.2) is 4.98 Å². The summed E-state index contributed by atoms with van der Waals surface area (Å²) in [6.45, 7) is 4.53. The van der Waals surface area contributed by atoms with Crippen molar-refractivity contribution in [3.05, 3.63) is 23.0 Å². The van der Waals surface area contributed by atoms with Gasteiger partial charge in [-0.15, -0.1) is 11.3 Å². The fourth-order valence-electron chi connectivity index (χ4n) is 2.41. The smallest absolute Gasteiger partial charge is 0.194 e. The van der Waals surface area contributed by atoms with E-state index in [1.807, 2.05) is 17.5 Å². The van der Waals surface area contributed by atoms with Gasteiger partial charge in [-0.05, 0) is 25.7 Å². The fourth-order valence-corrected chi connectivity index (χ4v) is 3.58. The first-order valence-electron chi connectivity index (χ1n) is 7.30. The van der Waals surface area contributed by atoms with E-state index in [9.17, 15) is 0 Å². The highest BCUT2D eigenvalue weighted by molar-refractivity contribution is 7.17. The molecule has 2 aromatic rings. The van der Waals surface area contributed by atoms with Crippen molar-refractivity contribution in [1.29, 1.82) is 0 Å². The first-order chi connectivity index (χ1) is 8.86. The van der Waals surface area contributed by atoms with Gasteiger partial charge in [0.25, 0.3) is 0 Å². The molecule has 0 atom stereocenters. The molecule has 0 saturated carbocycles. The lowest BCUT2D eigenvalue weighted by molar-refractivity contribution is 0.686. The lowest BCUT2D eigenvalue weighted by atomic mass is 10.1. The average molecular weight is 264 g/mol. The third kappa shape index (κ3) is 3.14. The molecule has 0 aliphatic rings.